The maximum atomic E-state index is 11.0. The van der Waals surface area contributed by atoms with Crippen molar-refractivity contribution in [2.45, 2.75) is 45.8 Å². The van der Waals surface area contributed by atoms with E-state index in [1.165, 1.54) is 18.3 Å². The Kier molecular flexibility index (Phi) is 3.98. The van der Waals surface area contributed by atoms with E-state index < -0.39 is 0 Å². The van der Waals surface area contributed by atoms with Gasteiger partial charge in [0.05, 0.1) is 12.2 Å². The fourth-order valence-corrected chi connectivity index (χ4v) is 3.20. The van der Waals surface area contributed by atoms with E-state index in [1.807, 2.05) is 17.0 Å². The number of hydrogen-bond donors (Lipinski definition) is 2. The minimum Gasteiger partial charge on any atom is -0.306 e. The fourth-order valence-electron chi connectivity index (χ4n) is 2.45. The molecule has 112 valence electrons. The predicted octanol–water partition coefficient (Wildman–Crippen LogP) is 1.11. The highest BCUT2D eigenvalue weighted by Crippen LogP contribution is 2.17. The van der Waals surface area contributed by atoms with E-state index in [4.69, 9.17) is 0 Å². The maximum Gasteiger partial charge on any atom is 0.223 e. The van der Waals surface area contributed by atoms with Gasteiger partial charge in [-0.25, -0.2) is 14.6 Å². The third-order valence-electron chi connectivity index (χ3n) is 3.37. The highest BCUT2D eigenvalue weighted by Gasteiger charge is 2.20. The summed E-state index contributed by atoms with van der Waals surface area (Å²) in [7, 11) is 0. The summed E-state index contributed by atoms with van der Waals surface area (Å²) in [5.74, 6) is 1.82. The maximum absolute atomic E-state index is 11.0. The van der Waals surface area contributed by atoms with Crippen molar-refractivity contribution < 1.29 is 4.79 Å². The van der Waals surface area contributed by atoms with Crippen LogP contribution in [0.25, 0.3) is 0 Å². The molecule has 0 aliphatic carbocycles. The van der Waals surface area contributed by atoms with E-state index in [0.717, 1.165) is 36.7 Å². The Bertz CT molecular complexity index is 649. The molecule has 0 radical (unpaired) electrons. The van der Waals surface area contributed by atoms with Gasteiger partial charge in [0, 0.05) is 31.3 Å². The Morgan fingerprint density at radius 2 is 2.38 bits per heavy atom. The summed E-state index contributed by atoms with van der Waals surface area (Å²) >= 11 is 1.45. The van der Waals surface area contributed by atoms with E-state index in [2.05, 4.69) is 25.7 Å². The van der Waals surface area contributed by atoms with Gasteiger partial charge in [-0.15, -0.1) is 11.3 Å². The molecular formula is C13H18N6OS. The van der Waals surface area contributed by atoms with Crippen molar-refractivity contribution in [2.75, 3.05) is 5.32 Å². The van der Waals surface area contributed by atoms with Crippen LogP contribution in [0.4, 0.5) is 5.13 Å². The van der Waals surface area contributed by atoms with Crippen LogP contribution in [0.3, 0.4) is 0 Å². The number of rotatable bonds is 4. The Labute approximate surface area is 126 Å². The second-order valence-corrected chi connectivity index (χ2v) is 6.06. The van der Waals surface area contributed by atoms with Gasteiger partial charge in [0.15, 0.2) is 5.13 Å². The first-order chi connectivity index (χ1) is 10.1. The van der Waals surface area contributed by atoms with E-state index in [9.17, 15) is 4.79 Å². The molecule has 0 aromatic carbocycles. The lowest BCUT2D eigenvalue weighted by Crippen LogP contribution is -2.37. The normalized spacial score (nSPS) is 17.5. The van der Waals surface area contributed by atoms with Crippen molar-refractivity contribution in [1.29, 1.82) is 0 Å². The van der Waals surface area contributed by atoms with Crippen molar-refractivity contribution in [3.05, 3.63) is 22.7 Å². The first-order valence-corrected chi connectivity index (χ1v) is 7.84. The molecule has 2 N–H and O–H groups in total. The second kappa shape index (κ2) is 5.90. The molecule has 0 spiro atoms. The summed E-state index contributed by atoms with van der Waals surface area (Å²) in [5, 5.41) is 13.2. The molecule has 0 fully saturated rings. The average molecular weight is 306 g/mol. The molecule has 3 heterocycles. The first kappa shape index (κ1) is 14.2. The summed E-state index contributed by atoms with van der Waals surface area (Å²) in [6, 6.07) is 0.379. The number of hydrogen-bond acceptors (Lipinski definition) is 6. The summed E-state index contributed by atoms with van der Waals surface area (Å²) in [4.78, 5) is 19.8. The number of nitrogens with one attached hydrogen (secondary N) is 2. The number of anilines is 1. The van der Waals surface area contributed by atoms with Crippen LogP contribution >= 0.6 is 11.3 Å². The van der Waals surface area contributed by atoms with Crippen LogP contribution < -0.4 is 10.6 Å². The largest absolute Gasteiger partial charge is 0.306 e. The molecule has 1 aliphatic heterocycles. The third-order valence-corrected chi connectivity index (χ3v) is 4.18. The second-order valence-electron chi connectivity index (χ2n) is 5.20. The number of carbonyl (C=O) groups is 1. The number of aryl methyl sites for hydroxylation is 2. The average Bonchev–Trinajstić information content (AvgIpc) is 3.00. The molecule has 21 heavy (non-hydrogen) atoms. The predicted molar refractivity (Wildman–Crippen MR) is 80.1 cm³/mol. The SMILES string of the molecule is CC(=O)Nc1nc(CN[C@H]2CCc3nc(C)nn3C2)cs1. The van der Waals surface area contributed by atoms with Crippen molar-refractivity contribution >= 4 is 22.4 Å². The summed E-state index contributed by atoms with van der Waals surface area (Å²) in [6.07, 6.45) is 2.01. The van der Waals surface area contributed by atoms with Crippen molar-refractivity contribution in [3.63, 3.8) is 0 Å². The third kappa shape index (κ3) is 3.45. The van der Waals surface area contributed by atoms with Crippen LogP contribution in [-0.2, 0) is 24.3 Å². The molecule has 7 nitrogen and oxygen atoms in total. The summed E-state index contributed by atoms with van der Waals surface area (Å²) < 4.78 is 1.99. The lowest BCUT2D eigenvalue weighted by atomic mass is 10.1. The number of aromatic nitrogens is 4. The van der Waals surface area contributed by atoms with Gasteiger partial charge in [-0.2, -0.15) is 5.10 Å². The van der Waals surface area contributed by atoms with Crippen molar-refractivity contribution in [1.82, 2.24) is 25.1 Å². The first-order valence-electron chi connectivity index (χ1n) is 6.96. The van der Waals surface area contributed by atoms with Crippen LogP contribution in [0.5, 0.6) is 0 Å². The summed E-state index contributed by atoms with van der Waals surface area (Å²) in [6.45, 7) is 4.95. The van der Waals surface area contributed by atoms with Gasteiger partial charge in [-0.1, -0.05) is 0 Å². The molecule has 1 aliphatic rings. The smallest absolute Gasteiger partial charge is 0.223 e. The number of fused-ring (bicyclic) bond motifs is 1. The molecule has 0 unspecified atom stereocenters. The number of amides is 1. The topological polar surface area (TPSA) is 84.7 Å². The van der Waals surface area contributed by atoms with Crippen molar-refractivity contribution in [2.24, 2.45) is 0 Å². The zero-order chi connectivity index (χ0) is 14.8. The number of carbonyl (C=O) groups excluding carboxylic acids is 1. The fraction of sp³-hybridized carbons (Fsp3) is 0.538. The molecule has 0 saturated carbocycles. The molecule has 0 saturated heterocycles. The van der Waals surface area contributed by atoms with Gasteiger partial charge >= 0.3 is 0 Å². The highest BCUT2D eigenvalue weighted by molar-refractivity contribution is 7.13. The van der Waals surface area contributed by atoms with E-state index in [-0.39, 0.29) is 5.91 Å². The van der Waals surface area contributed by atoms with Crippen LogP contribution in [0.1, 0.15) is 30.7 Å². The molecule has 1 amide bonds. The standard InChI is InChI=1S/C13H18N6OS/c1-8-15-12-4-3-10(6-19(12)18-8)14-5-11-7-21-13(17-11)16-9(2)20/h7,10,14H,3-6H2,1-2H3,(H,16,17,20)/t10-/m0/s1. The van der Waals surface area contributed by atoms with E-state index in [0.29, 0.717) is 17.7 Å². The minimum absolute atomic E-state index is 0.0924. The quantitative estimate of drug-likeness (QED) is 0.884. The Hall–Kier alpha value is -1.80. The van der Waals surface area contributed by atoms with Crippen LogP contribution in [0.2, 0.25) is 0 Å². The van der Waals surface area contributed by atoms with Gasteiger partial charge < -0.3 is 10.6 Å². The van der Waals surface area contributed by atoms with Crippen molar-refractivity contribution in [3.8, 4) is 0 Å². The van der Waals surface area contributed by atoms with Gasteiger partial charge in [0.25, 0.3) is 0 Å². The molecular weight excluding hydrogens is 288 g/mol. The van der Waals surface area contributed by atoms with E-state index >= 15 is 0 Å². The molecule has 1 atom stereocenters. The van der Waals surface area contributed by atoms with Gasteiger partial charge in [0.2, 0.25) is 5.91 Å². The number of thiazole rings is 1. The Balaban J connectivity index is 1.54. The minimum atomic E-state index is -0.0924. The monoisotopic (exact) mass is 306 g/mol. The van der Waals surface area contributed by atoms with Crippen LogP contribution in [0, 0.1) is 6.92 Å². The molecule has 3 rings (SSSR count). The van der Waals surface area contributed by atoms with Gasteiger partial charge in [-0.3, -0.25) is 4.79 Å². The lowest BCUT2D eigenvalue weighted by molar-refractivity contribution is -0.114. The molecule has 2 aromatic heterocycles. The van der Waals surface area contributed by atoms with Gasteiger partial charge in [-0.05, 0) is 13.3 Å². The summed E-state index contributed by atoms with van der Waals surface area (Å²) in [5.41, 5.74) is 0.948. The molecule has 0 bridgehead atoms. The van der Waals surface area contributed by atoms with Crippen LogP contribution in [-0.4, -0.2) is 31.7 Å². The highest BCUT2D eigenvalue weighted by atomic mass is 32.1. The van der Waals surface area contributed by atoms with Gasteiger partial charge in [0.1, 0.15) is 11.6 Å². The number of nitrogens with zero attached hydrogens (tertiary/aromatic N) is 4. The lowest BCUT2D eigenvalue weighted by Gasteiger charge is -2.23. The van der Waals surface area contributed by atoms with E-state index in [1.54, 1.807) is 0 Å². The zero-order valence-electron chi connectivity index (χ0n) is 12.1. The Morgan fingerprint density at radius 1 is 1.52 bits per heavy atom. The molecule has 8 heteroatoms. The zero-order valence-corrected chi connectivity index (χ0v) is 12.9. The molecule has 2 aromatic rings. The Morgan fingerprint density at radius 3 is 3.19 bits per heavy atom. The van der Waals surface area contributed by atoms with Crippen LogP contribution in [0.15, 0.2) is 5.38 Å².